The topological polar surface area (TPSA) is 50.8 Å². The number of likely N-dealkylation sites (N-methyl/N-ethyl adjacent to an activating group) is 1. The van der Waals surface area contributed by atoms with E-state index in [1.807, 2.05) is 31.6 Å². The van der Waals surface area contributed by atoms with Crippen molar-refractivity contribution in [2.75, 3.05) is 33.9 Å². The van der Waals surface area contributed by atoms with E-state index in [0.717, 1.165) is 5.56 Å². The molecule has 7 heteroatoms. The molecule has 1 amide bonds. The summed E-state index contributed by atoms with van der Waals surface area (Å²) in [4.78, 5) is 15.5. The van der Waals surface area contributed by atoms with E-state index in [-0.39, 0.29) is 11.9 Å². The highest BCUT2D eigenvalue weighted by molar-refractivity contribution is 7.10. The number of ether oxygens (including phenoxy) is 2. The molecular weight excluding hydrogens is 372 g/mol. The molecule has 1 aliphatic heterocycles. The van der Waals surface area contributed by atoms with E-state index in [4.69, 9.17) is 21.1 Å². The van der Waals surface area contributed by atoms with Crippen LogP contribution in [0.5, 0.6) is 11.5 Å². The first-order chi connectivity index (χ1) is 12.5. The van der Waals surface area contributed by atoms with E-state index in [1.165, 1.54) is 11.0 Å². The van der Waals surface area contributed by atoms with E-state index < -0.39 is 0 Å². The Balaban J connectivity index is 1.62. The van der Waals surface area contributed by atoms with Crippen LogP contribution in [-0.2, 0) is 4.79 Å². The van der Waals surface area contributed by atoms with E-state index in [2.05, 4.69) is 16.3 Å². The van der Waals surface area contributed by atoms with Gasteiger partial charge in [-0.05, 0) is 49.3 Å². The van der Waals surface area contributed by atoms with Gasteiger partial charge in [-0.25, -0.2) is 0 Å². The normalized spacial score (nSPS) is 14.6. The van der Waals surface area contributed by atoms with E-state index in [0.29, 0.717) is 36.3 Å². The SMILES string of the molecule is CN(C)C(CNC(=O)/C=C/c1cc(Cl)c2c(c1)OCCO2)c1cccs1. The summed E-state index contributed by atoms with van der Waals surface area (Å²) in [5.41, 5.74) is 0.789. The van der Waals surface area contributed by atoms with Crippen LogP contribution in [0, 0.1) is 0 Å². The molecule has 0 fully saturated rings. The van der Waals surface area contributed by atoms with Gasteiger partial charge in [0.05, 0.1) is 11.1 Å². The second-order valence-electron chi connectivity index (χ2n) is 6.10. The van der Waals surface area contributed by atoms with Crippen molar-refractivity contribution < 1.29 is 14.3 Å². The smallest absolute Gasteiger partial charge is 0.244 e. The summed E-state index contributed by atoms with van der Waals surface area (Å²) in [5.74, 6) is 1.01. The Morgan fingerprint density at radius 3 is 2.92 bits per heavy atom. The van der Waals surface area contributed by atoms with Gasteiger partial charge in [-0.3, -0.25) is 4.79 Å². The number of benzene rings is 1. The number of nitrogens with zero attached hydrogens (tertiary/aromatic N) is 1. The summed E-state index contributed by atoms with van der Waals surface area (Å²) in [6.07, 6.45) is 3.22. The number of halogens is 1. The molecular formula is C19H21ClN2O3S. The zero-order valence-electron chi connectivity index (χ0n) is 14.7. The lowest BCUT2D eigenvalue weighted by Gasteiger charge is -2.23. The predicted molar refractivity (Wildman–Crippen MR) is 105 cm³/mol. The molecule has 2 aromatic rings. The quantitative estimate of drug-likeness (QED) is 0.763. The molecule has 0 spiro atoms. The number of thiophene rings is 1. The zero-order chi connectivity index (χ0) is 18.5. The Morgan fingerprint density at radius 2 is 2.19 bits per heavy atom. The fraction of sp³-hybridized carbons (Fsp3) is 0.316. The van der Waals surface area contributed by atoms with Crippen LogP contribution in [0.25, 0.3) is 6.08 Å². The van der Waals surface area contributed by atoms with Gasteiger partial charge in [0.25, 0.3) is 0 Å². The van der Waals surface area contributed by atoms with Crippen LogP contribution in [0.1, 0.15) is 16.5 Å². The Kier molecular flexibility index (Phi) is 6.19. The van der Waals surface area contributed by atoms with Gasteiger partial charge in [0.15, 0.2) is 11.5 Å². The first-order valence-corrected chi connectivity index (χ1v) is 9.55. The molecule has 1 unspecified atom stereocenters. The van der Waals surface area contributed by atoms with Gasteiger partial charge in [-0.15, -0.1) is 11.3 Å². The molecule has 0 radical (unpaired) electrons. The van der Waals surface area contributed by atoms with E-state index in [9.17, 15) is 4.79 Å². The first-order valence-electron chi connectivity index (χ1n) is 8.29. The molecule has 1 aromatic heterocycles. The molecule has 0 saturated heterocycles. The maximum atomic E-state index is 12.2. The van der Waals surface area contributed by atoms with Gasteiger partial charge >= 0.3 is 0 Å². The van der Waals surface area contributed by atoms with Crippen LogP contribution < -0.4 is 14.8 Å². The third-order valence-corrected chi connectivity index (χ3v) is 5.27. The molecule has 1 atom stereocenters. The average molecular weight is 393 g/mol. The lowest BCUT2D eigenvalue weighted by molar-refractivity contribution is -0.116. The minimum absolute atomic E-state index is 0.149. The number of hydrogen-bond donors (Lipinski definition) is 1. The molecule has 1 N–H and O–H groups in total. The van der Waals surface area contributed by atoms with Crippen molar-refractivity contribution in [1.29, 1.82) is 0 Å². The molecule has 5 nitrogen and oxygen atoms in total. The fourth-order valence-electron chi connectivity index (χ4n) is 2.67. The Morgan fingerprint density at radius 1 is 1.38 bits per heavy atom. The van der Waals surface area contributed by atoms with Crippen LogP contribution >= 0.6 is 22.9 Å². The second kappa shape index (κ2) is 8.58. The van der Waals surface area contributed by atoms with Crippen LogP contribution in [-0.4, -0.2) is 44.7 Å². The highest BCUT2D eigenvalue weighted by atomic mass is 35.5. The Bertz CT molecular complexity index is 790. The average Bonchev–Trinajstić information content (AvgIpc) is 3.14. The molecule has 2 heterocycles. The fourth-order valence-corrected chi connectivity index (χ4v) is 3.87. The van der Waals surface area contributed by atoms with Crippen LogP contribution in [0.3, 0.4) is 0 Å². The van der Waals surface area contributed by atoms with Gasteiger partial charge in [0.1, 0.15) is 13.2 Å². The number of nitrogens with one attached hydrogen (secondary N) is 1. The van der Waals surface area contributed by atoms with Crippen LogP contribution in [0.4, 0.5) is 0 Å². The monoisotopic (exact) mass is 392 g/mol. The highest BCUT2D eigenvalue weighted by Gasteiger charge is 2.17. The lowest BCUT2D eigenvalue weighted by Crippen LogP contribution is -2.33. The van der Waals surface area contributed by atoms with E-state index in [1.54, 1.807) is 23.5 Å². The Labute approximate surface area is 162 Å². The molecule has 3 rings (SSSR count). The number of fused-ring (bicyclic) bond motifs is 1. The lowest BCUT2D eigenvalue weighted by atomic mass is 10.1. The Hall–Kier alpha value is -2.02. The molecule has 0 aliphatic carbocycles. The van der Waals surface area contributed by atoms with Gasteiger partial charge in [0, 0.05) is 17.5 Å². The molecule has 0 bridgehead atoms. The maximum absolute atomic E-state index is 12.2. The highest BCUT2D eigenvalue weighted by Crippen LogP contribution is 2.38. The van der Waals surface area contributed by atoms with Crippen molar-refractivity contribution in [3.05, 3.63) is 51.2 Å². The van der Waals surface area contributed by atoms with E-state index >= 15 is 0 Å². The second-order valence-corrected chi connectivity index (χ2v) is 7.49. The summed E-state index contributed by atoms with van der Waals surface area (Å²) in [6.45, 7) is 1.52. The number of carbonyl (C=O) groups excluding carboxylic acids is 1. The molecule has 0 saturated carbocycles. The van der Waals surface area contributed by atoms with Crippen molar-refractivity contribution in [2.45, 2.75) is 6.04 Å². The first kappa shape index (κ1) is 18.8. The standard InChI is InChI=1S/C19H21ClN2O3S/c1-22(2)15(17-4-3-9-26-17)12-21-18(23)6-5-13-10-14(20)19-16(11-13)24-7-8-25-19/h3-6,9-11,15H,7-8,12H2,1-2H3,(H,21,23)/b6-5+. The van der Waals surface area contributed by atoms with Crippen molar-refractivity contribution >= 4 is 34.9 Å². The number of amides is 1. The van der Waals surface area contributed by atoms with Gasteiger partial charge < -0.3 is 19.7 Å². The zero-order valence-corrected chi connectivity index (χ0v) is 16.3. The van der Waals surface area contributed by atoms with Crippen molar-refractivity contribution in [3.8, 4) is 11.5 Å². The van der Waals surface area contributed by atoms with Crippen molar-refractivity contribution in [1.82, 2.24) is 10.2 Å². The molecule has 1 aromatic carbocycles. The summed E-state index contributed by atoms with van der Waals surface area (Å²) < 4.78 is 11.0. The number of carbonyl (C=O) groups is 1. The third-order valence-electron chi connectivity index (χ3n) is 4.01. The predicted octanol–water partition coefficient (Wildman–Crippen LogP) is 3.61. The summed E-state index contributed by atoms with van der Waals surface area (Å²) in [5, 5.41) is 5.47. The van der Waals surface area contributed by atoms with Gasteiger partial charge in [0.2, 0.25) is 5.91 Å². The minimum atomic E-state index is -0.153. The van der Waals surface area contributed by atoms with Crippen LogP contribution in [0.2, 0.25) is 5.02 Å². The minimum Gasteiger partial charge on any atom is -0.486 e. The number of hydrogen-bond acceptors (Lipinski definition) is 5. The van der Waals surface area contributed by atoms with Gasteiger partial charge in [-0.1, -0.05) is 17.7 Å². The third kappa shape index (κ3) is 4.58. The van der Waals surface area contributed by atoms with Crippen molar-refractivity contribution in [2.24, 2.45) is 0 Å². The summed E-state index contributed by atoms with van der Waals surface area (Å²) in [7, 11) is 4.01. The largest absolute Gasteiger partial charge is 0.486 e. The maximum Gasteiger partial charge on any atom is 0.244 e. The van der Waals surface area contributed by atoms with Crippen LogP contribution in [0.15, 0.2) is 35.7 Å². The molecule has 1 aliphatic rings. The van der Waals surface area contributed by atoms with Crippen molar-refractivity contribution in [3.63, 3.8) is 0 Å². The molecule has 138 valence electrons. The number of rotatable bonds is 6. The molecule has 26 heavy (non-hydrogen) atoms. The van der Waals surface area contributed by atoms with Gasteiger partial charge in [-0.2, -0.15) is 0 Å². The summed E-state index contributed by atoms with van der Waals surface area (Å²) in [6, 6.07) is 7.82. The summed E-state index contributed by atoms with van der Waals surface area (Å²) >= 11 is 7.90.